The molecule has 0 unspecified atom stereocenters. The Hall–Kier alpha value is -0.440. The van der Waals surface area contributed by atoms with E-state index in [1.165, 1.54) is 6.08 Å². The molecule has 0 aliphatic heterocycles. The summed E-state index contributed by atoms with van der Waals surface area (Å²) in [7, 11) is 0. The van der Waals surface area contributed by atoms with Gasteiger partial charge < -0.3 is 5.11 Å². The van der Waals surface area contributed by atoms with Crippen LogP contribution in [0.15, 0.2) is 11.6 Å². The van der Waals surface area contributed by atoms with E-state index in [1.807, 2.05) is 6.92 Å². The van der Waals surface area contributed by atoms with Crippen LogP contribution in [0.3, 0.4) is 0 Å². The fourth-order valence-electron chi connectivity index (χ4n) is 0.708. The van der Waals surface area contributed by atoms with Crippen molar-refractivity contribution in [1.82, 2.24) is 0 Å². The van der Waals surface area contributed by atoms with Crippen LogP contribution < -0.4 is 0 Å². The van der Waals surface area contributed by atoms with E-state index in [0.29, 0.717) is 5.92 Å². The highest BCUT2D eigenvalue weighted by Crippen LogP contribution is 2.11. The van der Waals surface area contributed by atoms with Crippen molar-refractivity contribution >= 4 is 17.7 Å². The van der Waals surface area contributed by atoms with E-state index in [4.69, 9.17) is 5.11 Å². The van der Waals surface area contributed by atoms with Gasteiger partial charge >= 0.3 is 5.97 Å². The van der Waals surface area contributed by atoms with Crippen LogP contribution in [0.25, 0.3) is 0 Å². The molecule has 0 saturated heterocycles. The Bertz CT molecular complexity index is 173. The molecule has 0 aromatic rings. The van der Waals surface area contributed by atoms with E-state index in [-0.39, 0.29) is 0 Å². The fourth-order valence-corrected chi connectivity index (χ4v) is 1.70. The van der Waals surface area contributed by atoms with Crippen molar-refractivity contribution in [3.8, 4) is 0 Å². The fraction of sp³-hybridized carbons (Fsp3) is 0.667. The van der Waals surface area contributed by atoms with Gasteiger partial charge in [0.05, 0.1) is 0 Å². The standard InChI is InChI=1S/C9H16O2S/c1-7(2)5-12-6-8(3)4-9(10)11/h4,7H,5-6H2,1-3H3,(H,10,11). The van der Waals surface area contributed by atoms with E-state index < -0.39 is 5.97 Å². The molecule has 70 valence electrons. The van der Waals surface area contributed by atoms with Gasteiger partial charge in [-0.15, -0.1) is 0 Å². The van der Waals surface area contributed by atoms with Crippen LogP contribution in [0.4, 0.5) is 0 Å². The van der Waals surface area contributed by atoms with Crippen molar-refractivity contribution in [2.45, 2.75) is 20.8 Å². The van der Waals surface area contributed by atoms with Crippen LogP contribution >= 0.6 is 11.8 Å². The molecule has 0 fully saturated rings. The first-order chi connectivity index (χ1) is 5.52. The van der Waals surface area contributed by atoms with Gasteiger partial charge in [-0.2, -0.15) is 11.8 Å². The number of carboxylic acid groups (broad SMARTS) is 1. The minimum absolute atomic E-state index is 0.674. The molecule has 0 aliphatic carbocycles. The SMILES string of the molecule is CC(=CC(=O)O)CSCC(C)C. The molecule has 0 aliphatic rings. The summed E-state index contributed by atoms with van der Waals surface area (Å²) in [6.07, 6.45) is 1.27. The predicted molar refractivity (Wildman–Crippen MR) is 53.6 cm³/mol. The molecule has 1 N–H and O–H groups in total. The zero-order valence-corrected chi connectivity index (χ0v) is 8.65. The highest BCUT2D eigenvalue weighted by atomic mass is 32.2. The minimum atomic E-state index is -0.849. The van der Waals surface area contributed by atoms with Gasteiger partial charge in [-0.05, 0) is 18.6 Å². The van der Waals surface area contributed by atoms with Crippen molar-refractivity contribution < 1.29 is 9.90 Å². The minimum Gasteiger partial charge on any atom is -0.478 e. The number of carbonyl (C=O) groups is 1. The Balaban J connectivity index is 3.57. The summed E-state index contributed by atoms with van der Waals surface area (Å²) in [6.45, 7) is 6.16. The van der Waals surface area contributed by atoms with Crippen molar-refractivity contribution in [3.05, 3.63) is 11.6 Å². The molecule has 0 rings (SSSR count). The summed E-state index contributed by atoms with van der Waals surface area (Å²) in [5.74, 6) is 1.74. The Morgan fingerprint density at radius 3 is 2.58 bits per heavy atom. The van der Waals surface area contributed by atoms with Gasteiger partial charge in [0, 0.05) is 11.8 Å². The van der Waals surface area contributed by atoms with E-state index in [9.17, 15) is 4.79 Å². The highest BCUT2D eigenvalue weighted by Gasteiger charge is 1.97. The van der Waals surface area contributed by atoms with Gasteiger partial charge in [0.2, 0.25) is 0 Å². The number of carboxylic acids is 1. The van der Waals surface area contributed by atoms with Crippen LogP contribution in [0.2, 0.25) is 0 Å². The Morgan fingerprint density at radius 2 is 2.17 bits per heavy atom. The molecule has 0 radical (unpaired) electrons. The van der Waals surface area contributed by atoms with Gasteiger partial charge in [-0.25, -0.2) is 4.79 Å². The van der Waals surface area contributed by atoms with E-state index in [0.717, 1.165) is 17.1 Å². The molecular formula is C9H16O2S. The average Bonchev–Trinajstić information content (AvgIpc) is 1.84. The lowest BCUT2D eigenvalue weighted by Crippen LogP contribution is -1.95. The predicted octanol–water partition coefficient (Wildman–Crippen LogP) is 2.41. The smallest absolute Gasteiger partial charge is 0.328 e. The van der Waals surface area contributed by atoms with Crippen molar-refractivity contribution in [2.75, 3.05) is 11.5 Å². The lowest BCUT2D eigenvalue weighted by Gasteiger charge is -2.03. The summed E-state index contributed by atoms with van der Waals surface area (Å²) in [5, 5.41) is 8.41. The van der Waals surface area contributed by atoms with Crippen LogP contribution in [0, 0.1) is 5.92 Å². The number of hydrogen-bond donors (Lipinski definition) is 1. The van der Waals surface area contributed by atoms with Crippen molar-refractivity contribution in [2.24, 2.45) is 5.92 Å². The molecule has 0 aromatic carbocycles. The monoisotopic (exact) mass is 188 g/mol. The Kier molecular flexibility index (Phi) is 5.89. The molecule has 0 amide bonds. The van der Waals surface area contributed by atoms with Gasteiger partial charge in [0.1, 0.15) is 0 Å². The molecule has 0 saturated carbocycles. The molecule has 0 bridgehead atoms. The number of rotatable bonds is 5. The maximum absolute atomic E-state index is 10.2. The van der Waals surface area contributed by atoms with Crippen LogP contribution in [0.5, 0.6) is 0 Å². The second kappa shape index (κ2) is 6.12. The zero-order valence-electron chi connectivity index (χ0n) is 7.83. The third-order valence-corrected chi connectivity index (χ3v) is 2.71. The number of hydrogen-bond acceptors (Lipinski definition) is 2. The average molecular weight is 188 g/mol. The Labute approximate surface area is 78.0 Å². The molecule has 12 heavy (non-hydrogen) atoms. The van der Waals surface area contributed by atoms with E-state index >= 15 is 0 Å². The molecule has 0 heterocycles. The number of aliphatic carboxylic acids is 1. The topological polar surface area (TPSA) is 37.3 Å². The van der Waals surface area contributed by atoms with Crippen LogP contribution in [-0.4, -0.2) is 22.6 Å². The third-order valence-electron chi connectivity index (χ3n) is 1.15. The summed E-state index contributed by atoms with van der Waals surface area (Å²) in [4.78, 5) is 10.2. The lowest BCUT2D eigenvalue weighted by atomic mass is 10.3. The zero-order chi connectivity index (χ0) is 9.56. The summed E-state index contributed by atoms with van der Waals surface area (Å²) < 4.78 is 0. The quantitative estimate of drug-likeness (QED) is 0.673. The third kappa shape index (κ3) is 7.66. The summed E-state index contributed by atoms with van der Waals surface area (Å²) in [6, 6.07) is 0. The summed E-state index contributed by atoms with van der Waals surface area (Å²) in [5.41, 5.74) is 0.924. The van der Waals surface area contributed by atoms with Gasteiger partial charge in [0.15, 0.2) is 0 Å². The van der Waals surface area contributed by atoms with Gasteiger partial charge in [-0.3, -0.25) is 0 Å². The van der Waals surface area contributed by atoms with Gasteiger partial charge in [-0.1, -0.05) is 19.4 Å². The normalized spacial score (nSPS) is 12.2. The molecule has 2 nitrogen and oxygen atoms in total. The number of thioether (sulfide) groups is 1. The Morgan fingerprint density at radius 1 is 1.58 bits per heavy atom. The van der Waals surface area contributed by atoms with Crippen molar-refractivity contribution in [3.63, 3.8) is 0 Å². The molecule has 3 heteroatoms. The maximum atomic E-state index is 10.2. The largest absolute Gasteiger partial charge is 0.478 e. The lowest BCUT2D eigenvalue weighted by molar-refractivity contribution is -0.131. The molecular weight excluding hydrogens is 172 g/mol. The van der Waals surface area contributed by atoms with E-state index in [2.05, 4.69) is 13.8 Å². The van der Waals surface area contributed by atoms with Crippen LogP contribution in [0.1, 0.15) is 20.8 Å². The first-order valence-corrected chi connectivity index (χ1v) is 5.15. The maximum Gasteiger partial charge on any atom is 0.328 e. The second-order valence-electron chi connectivity index (χ2n) is 3.24. The first kappa shape index (κ1) is 11.6. The van der Waals surface area contributed by atoms with E-state index in [1.54, 1.807) is 11.8 Å². The molecule has 0 atom stereocenters. The van der Waals surface area contributed by atoms with Crippen LogP contribution in [-0.2, 0) is 4.79 Å². The molecule has 0 spiro atoms. The van der Waals surface area contributed by atoms with Gasteiger partial charge in [0.25, 0.3) is 0 Å². The first-order valence-electron chi connectivity index (χ1n) is 4.00. The highest BCUT2D eigenvalue weighted by molar-refractivity contribution is 7.99. The summed E-state index contributed by atoms with van der Waals surface area (Å²) >= 11 is 1.78. The second-order valence-corrected chi connectivity index (χ2v) is 4.27. The molecule has 0 aromatic heterocycles. The van der Waals surface area contributed by atoms with Crippen molar-refractivity contribution in [1.29, 1.82) is 0 Å².